The molecule has 0 saturated carbocycles. The minimum absolute atomic E-state index is 0.218. The second kappa shape index (κ2) is 9.46. The number of benzene rings is 1. The van der Waals surface area contributed by atoms with Gasteiger partial charge in [0, 0.05) is 25.7 Å². The summed E-state index contributed by atoms with van der Waals surface area (Å²) in [6, 6.07) is 10.5. The van der Waals surface area contributed by atoms with Crippen LogP contribution in [-0.2, 0) is 6.54 Å². The molecule has 1 saturated heterocycles. The van der Waals surface area contributed by atoms with Crippen molar-refractivity contribution in [2.45, 2.75) is 32.4 Å². The SMILES string of the molecule is CN=C(NCc1ccc(C)cc1OC)NCC(c1ccco1)N1CCCC1. The molecule has 1 aromatic heterocycles. The molecule has 2 N–H and O–H groups in total. The van der Waals surface area contributed by atoms with Crippen molar-refractivity contribution in [2.24, 2.45) is 4.99 Å². The molecule has 1 aliphatic heterocycles. The molecular weight excluding hydrogens is 340 g/mol. The molecule has 0 spiro atoms. The van der Waals surface area contributed by atoms with E-state index in [1.165, 1.54) is 18.4 Å². The fourth-order valence-electron chi connectivity index (χ4n) is 3.53. The number of rotatable bonds is 7. The Morgan fingerprint density at radius 3 is 2.74 bits per heavy atom. The van der Waals surface area contributed by atoms with Crippen molar-refractivity contribution in [1.82, 2.24) is 15.5 Å². The first kappa shape index (κ1) is 19.3. The maximum atomic E-state index is 5.69. The fourth-order valence-corrected chi connectivity index (χ4v) is 3.53. The summed E-state index contributed by atoms with van der Waals surface area (Å²) < 4.78 is 11.2. The largest absolute Gasteiger partial charge is 0.496 e. The van der Waals surface area contributed by atoms with E-state index in [1.54, 1.807) is 20.4 Å². The zero-order valence-corrected chi connectivity index (χ0v) is 16.5. The Kier molecular flexibility index (Phi) is 6.76. The Balaban J connectivity index is 1.59. The number of hydrogen-bond acceptors (Lipinski definition) is 4. The highest BCUT2D eigenvalue weighted by molar-refractivity contribution is 5.79. The maximum Gasteiger partial charge on any atom is 0.191 e. The summed E-state index contributed by atoms with van der Waals surface area (Å²) in [7, 11) is 3.49. The first-order valence-electron chi connectivity index (χ1n) is 9.56. The van der Waals surface area contributed by atoms with Gasteiger partial charge in [0.2, 0.25) is 0 Å². The smallest absolute Gasteiger partial charge is 0.191 e. The van der Waals surface area contributed by atoms with Crippen LogP contribution >= 0.6 is 0 Å². The summed E-state index contributed by atoms with van der Waals surface area (Å²) in [5.41, 5.74) is 2.29. The molecule has 0 aliphatic carbocycles. The molecule has 1 aromatic carbocycles. The molecule has 0 bridgehead atoms. The average molecular weight is 370 g/mol. The van der Waals surface area contributed by atoms with Crippen LogP contribution in [-0.4, -0.2) is 44.7 Å². The molecule has 3 rings (SSSR count). The zero-order chi connectivity index (χ0) is 19.1. The van der Waals surface area contributed by atoms with Gasteiger partial charge in [-0.1, -0.05) is 12.1 Å². The van der Waals surface area contributed by atoms with E-state index in [-0.39, 0.29) is 6.04 Å². The highest BCUT2D eigenvalue weighted by atomic mass is 16.5. The van der Waals surface area contributed by atoms with Crippen LogP contribution in [0.25, 0.3) is 0 Å². The molecule has 6 nitrogen and oxygen atoms in total. The van der Waals surface area contributed by atoms with Crippen LogP contribution < -0.4 is 15.4 Å². The van der Waals surface area contributed by atoms with E-state index in [9.17, 15) is 0 Å². The lowest BCUT2D eigenvalue weighted by Crippen LogP contribution is -2.42. The highest BCUT2D eigenvalue weighted by Gasteiger charge is 2.25. The Morgan fingerprint density at radius 1 is 1.26 bits per heavy atom. The number of nitrogens with zero attached hydrogens (tertiary/aromatic N) is 2. The molecule has 2 heterocycles. The van der Waals surface area contributed by atoms with Crippen molar-refractivity contribution < 1.29 is 9.15 Å². The zero-order valence-electron chi connectivity index (χ0n) is 16.5. The van der Waals surface area contributed by atoms with Crippen LogP contribution in [0.15, 0.2) is 46.0 Å². The van der Waals surface area contributed by atoms with Gasteiger partial charge in [-0.3, -0.25) is 9.89 Å². The number of nitrogens with one attached hydrogen (secondary N) is 2. The fraction of sp³-hybridized carbons (Fsp3) is 0.476. The monoisotopic (exact) mass is 370 g/mol. The molecule has 1 fully saturated rings. The number of likely N-dealkylation sites (tertiary alicyclic amines) is 1. The lowest BCUT2D eigenvalue weighted by atomic mass is 10.1. The van der Waals surface area contributed by atoms with Crippen molar-refractivity contribution in [3.63, 3.8) is 0 Å². The Bertz CT molecular complexity index is 737. The van der Waals surface area contributed by atoms with E-state index >= 15 is 0 Å². The lowest BCUT2D eigenvalue weighted by molar-refractivity contribution is 0.215. The number of aryl methyl sites for hydroxylation is 1. The summed E-state index contributed by atoms with van der Waals surface area (Å²) in [6.07, 6.45) is 4.24. The molecule has 1 unspecified atom stereocenters. The third kappa shape index (κ3) is 5.04. The molecular formula is C21H30N4O2. The van der Waals surface area contributed by atoms with Crippen LogP contribution in [0, 0.1) is 6.92 Å². The van der Waals surface area contributed by atoms with Crippen LogP contribution in [0.5, 0.6) is 5.75 Å². The summed E-state index contributed by atoms with van der Waals surface area (Å²) in [4.78, 5) is 6.83. The highest BCUT2D eigenvalue weighted by Crippen LogP contribution is 2.25. The minimum atomic E-state index is 0.218. The topological polar surface area (TPSA) is 62.0 Å². The standard InChI is InChI=1S/C21H30N4O2/c1-16-8-9-17(20(13-16)26-3)14-23-21(22-2)24-15-18(19-7-6-12-27-19)25-10-4-5-11-25/h6-9,12-13,18H,4-5,10-11,14-15H2,1-3H3,(H2,22,23,24). The number of hydrogen-bond donors (Lipinski definition) is 2. The Hall–Kier alpha value is -2.47. The van der Waals surface area contributed by atoms with Gasteiger partial charge in [-0.25, -0.2) is 0 Å². The molecule has 2 aromatic rings. The number of methoxy groups -OCH3 is 1. The first-order valence-corrected chi connectivity index (χ1v) is 9.56. The van der Waals surface area contributed by atoms with E-state index in [4.69, 9.17) is 9.15 Å². The predicted molar refractivity (Wildman–Crippen MR) is 108 cm³/mol. The molecule has 1 atom stereocenters. The van der Waals surface area contributed by atoms with Gasteiger partial charge >= 0.3 is 0 Å². The third-order valence-corrected chi connectivity index (χ3v) is 5.03. The molecule has 0 amide bonds. The van der Waals surface area contributed by atoms with Crippen molar-refractivity contribution in [3.05, 3.63) is 53.5 Å². The van der Waals surface area contributed by atoms with Gasteiger partial charge in [0.15, 0.2) is 5.96 Å². The van der Waals surface area contributed by atoms with E-state index in [1.807, 2.05) is 12.1 Å². The van der Waals surface area contributed by atoms with E-state index in [0.717, 1.165) is 42.7 Å². The first-order chi connectivity index (χ1) is 13.2. The van der Waals surface area contributed by atoms with E-state index in [0.29, 0.717) is 6.54 Å². The molecule has 0 radical (unpaired) electrons. The number of furan rings is 1. The number of guanidine groups is 1. The average Bonchev–Trinajstić information content (AvgIpc) is 3.39. The van der Waals surface area contributed by atoms with Crippen molar-refractivity contribution in [3.8, 4) is 5.75 Å². The maximum absolute atomic E-state index is 5.69. The molecule has 6 heteroatoms. The van der Waals surface area contributed by atoms with Crippen molar-refractivity contribution in [2.75, 3.05) is 33.8 Å². The van der Waals surface area contributed by atoms with E-state index < -0.39 is 0 Å². The summed E-state index contributed by atoms with van der Waals surface area (Å²) in [6.45, 7) is 5.68. The van der Waals surface area contributed by atoms with Crippen molar-refractivity contribution >= 4 is 5.96 Å². The van der Waals surface area contributed by atoms with Gasteiger partial charge < -0.3 is 19.8 Å². The van der Waals surface area contributed by atoms with Gasteiger partial charge in [-0.05, 0) is 56.6 Å². The Morgan fingerprint density at radius 2 is 2.07 bits per heavy atom. The third-order valence-electron chi connectivity index (χ3n) is 5.03. The van der Waals surface area contributed by atoms with Gasteiger partial charge in [0.1, 0.15) is 11.5 Å². The summed E-state index contributed by atoms with van der Waals surface area (Å²) >= 11 is 0. The number of ether oxygens (including phenoxy) is 1. The van der Waals surface area contributed by atoms with Gasteiger partial charge in [-0.15, -0.1) is 0 Å². The quantitative estimate of drug-likeness (QED) is 0.579. The molecule has 1 aliphatic rings. The van der Waals surface area contributed by atoms with Crippen LogP contribution in [0.2, 0.25) is 0 Å². The lowest BCUT2D eigenvalue weighted by Gasteiger charge is -2.26. The van der Waals surface area contributed by atoms with E-state index in [2.05, 4.69) is 45.6 Å². The summed E-state index contributed by atoms with van der Waals surface area (Å²) in [5.74, 6) is 2.66. The minimum Gasteiger partial charge on any atom is -0.496 e. The van der Waals surface area contributed by atoms with Crippen LogP contribution in [0.1, 0.15) is 35.8 Å². The Labute approximate surface area is 161 Å². The second-order valence-electron chi connectivity index (χ2n) is 6.90. The van der Waals surface area contributed by atoms with Crippen LogP contribution in [0.3, 0.4) is 0 Å². The van der Waals surface area contributed by atoms with Gasteiger partial charge in [-0.2, -0.15) is 0 Å². The van der Waals surface area contributed by atoms with Crippen LogP contribution in [0.4, 0.5) is 0 Å². The summed E-state index contributed by atoms with van der Waals surface area (Å²) in [5, 5.41) is 6.83. The predicted octanol–water partition coefficient (Wildman–Crippen LogP) is 3.10. The van der Waals surface area contributed by atoms with Crippen molar-refractivity contribution in [1.29, 1.82) is 0 Å². The van der Waals surface area contributed by atoms with Gasteiger partial charge in [0.05, 0.1) is 19.4 Å². The molecule has 146 valence electrons. The normalized spacial score (nSPS) is 16.3. The second-order valence-corrected chi connectivity index (χ2v) is 6.90. The van der Waals surface area contributed by atoms with Gasteiger partial charge in [0.25, 0.3) is 0 Å². The molecule has 27 heavy (non-hydrogen) atoms. The number of aliphatic imine (C=N–C) groups is 1.